The molecule has 1 aliphatic rings. The zero-order chi connectivity index (χ0) is 16.0. The Morgan fingerprint density at radius 2 is 2.27 bits per heavy atom. The lowest BCUT2D eigenvalue weighted by molar-refractivity contribution is -0.113. The number of nitrogens with zero attached hydrogens (tertiary/aromatic N) is 1. The number of thioether (sulfide) groups is 1. The molecule has 0 aliphatic carbocycles. The molecule has 1 amide bonds. The average molecular weight is 344 g/mol. The third kappa shape index (κ3) is 5.58. The van der Waals surface area contributed by atoms with Crippen molar-refractivity contribution in [2.24, 2.45) is 0 Å². The third-order valence-corrected chi connectivity index (χ3v) is 5.41. The van der Waals surface area contributed by atoms with E-state index in [0.717, 1.165) is 31.5 Å². The lowest BCUT2D eigenvalue weighted by atomic mass is 10.1. The second kappa shape index (κ2) is 7.94. The molecule has 1 atom stereocenters. The van der Waals surface area contributed by atoms with Crippen molar-refractivity contribution in [3.63, 3.8) is 0 Å². The molecule has 0 aromatic carbocycles. The van der Waals surface area contributed by atoms with E-state index in [2.05, 4.69) is 10.3 Å². The van der Waals surface area contributed by atoms with Crippen molar-refractivity contribution in [3.8, 4) is 0 Å². The van der Waals surface area contributed by atoms with Crippen LogP contribution in [0.25, 0.3) is 0 Å². The smallest absolute Gasteiger partial charge is 0.235 e. The van der Waals surface area contributed by atoms with E-state index in [9.17, 15) is 13.2 Å². The van der Waals surface area contributed by atoms with Crippen LogP contribution in [0.5, 0.6) is 0 Å². The average Bonchev–Trinajstić information content (AvgIpc) is 2.48. The van der Waals surface area contributed by atoms with Gasteiger partial charge in [0.15, 0.2) is 9.84 Å². The van der Waals surface area contributed by atoms with E-state index in [-0.39, 0.29) is 16.9 Å². The maximum Gasteiger partial charge on any atom is 0.235 e. The van der Waals surface area contributed by atoms with Gasteiger partial charge in [0.2, 0.25) is 5.91 Å². The van der Waals surface area contributed by atoms with Crippen LogP contribution in [-0.4, -0.2) is 49.8 Å². The largest absolute Gasteiger partial charge is 0.377 e. The van der Waals surface area contributed by atoms with Crippen molar-refractivity contribution in [1.29, 1.82) is 0 Å². The van der Waals surface area contributed by atoms with E-state index in [0.29, 0.717) is 11.6 Å². The number of nitrogens with one attached hydrogen (secondary N) is 1. The van der Waals surface area contributed by atoms with Gasteiger partial charge in [-0.25, -0.2) is 13.4 Å². The van der Waals surface area contributed by atoms with E-state index in [1.807, 2.05) is 0 Å². The summed E-state index contributed by atoms with van der Waals surface area (Å²) in [5.41, 5.74) is 0. The third-order valence-electron chi connectivity index (χ3n) is 3.24. The van der Waals surface area contributed by atoms with Gasteiger partial charge in [-0.1, -0.05) is 0 Å². The molecule has 2 rings (SSSR count). The summed E-state index contributed by atoms with van der Waals surface area (Å²) in [5, 5.41) is 2.65. The molecule has 6 nitrogen and oxygen atoms in total. The molecule has 1 aromatic heterocycles. The van der Waals surface area contributed by atoms with Gasteiger partial charge in [0, 0.05) is 24.8 Å². The Kier molecular flexibility index (Phi) is 6.22. The highest BCUT2D eigenvalue weighted by Gasteiger charge is 2.14. The number of rotatable bonds is 6. The molecule has 1 aliphatic heterocycles. The van der Waals surface area contributed by atoms with Crippen LogP contribution in [0, 0.1) is 0 Å². The van der Waals surface area contributed by atoms with Crippen molar-refractivity contribution in [1.82, 2.24) is 4.98 Å². The molecular weight excluding hydrogens is 324 g/mol. The van der Waals surface area contributed by atoms with Crippen molar-refractivity contribution < 1.29 is 17.9 Å². The number of carbonyl (C=O) groups excluding carboxylic acids is 1. The Bertz CT molecular complexity index is 596. The SMILES string of the molecule is CS(=O)(=O)c1ccc(NC(=O)CSCC2CCCCO2)nc1. The summed E-state index contributed by atoms with van der Waals surface area (Å²) < 4.78 is 28.2. The van der Waals surface area contributed by atoms with E-state index in [4.69, 9.17) is 4.74 Å². The van der Waals surface area contributed by atoms with Crippen LogP contribution in [0.1, 0.15) is 19.3 Å². The maximum atomic E-state index is 11.8. The summed E-state index contributed by atoms with van der Waals surface area (Å²) in [5.74, 6) is 1.34. The quantitative estimate of drug-likeness (QED) is 0.846. The van der Waals surface area contributed by atoms with Gasteiger partial charge in [-0.3, -0.25) is 4.79 Å². The van der Waals surface area contributed by atoms with Gasteiger partial charge < -0.3 is 10.1 Å². The Morgan fingerprint density at radius 3 is 2.86 bits per heavy atom. The van der Waals surface area contributed by atoms with Gasteiger partial charge in [-0.15, -0.1) is 11.8 Å². The van der Waals surface area contributed by atoms with Crippen molar-refractivity contribution in [2.45, 2.75) is 30.3 Å². The Morgan fingerprint density at radius 1 is 1.45 bits per heavy atom. The Hall–Kier alpha value is -1.12. The van der Waals surface area contributed by atoms with Crippen LogP contribution < -0.4 is 5.32 Å². The van der Waals surface area contributed by atoms with Gasteiger partial charge in [-0.2, -0.15) is 0 Å². The van der Waals surface area contributed by atoms with Crippen molar-refractivity contribution >= 4 is 33.3 Å². The van der Waals surface area contributed by atoms with E-state index in [1.165, 1.54) is 36.5 Å². The zero-order valence-electron chi connectivity index (χ0n) is 12.4. The second-order valence-electron chi connectivity index (χ2n) is 5.20. The first kappa shape index (κ1) is 17.2. The highest BCUT2D eigenvalue weighted by molar-refractivity contribution is 8.00. The van der Waals surface area contributed by atoms with Gasteiger partial charge in [-0.05, 0) is 31.4 Å². The fourth-order valence-corrected chi connectivity index (χ4v) is 3.54. The number of amides is 1. The molecule has 122 valence electrons. The number of hydrogen-bond acceptors (Lipinski definition) is 6. The number of pyridine rings is 1. The number of ether oxygens (including phenoxy) is 1. The maximum absolute atomic E-state index is 11.8. The molecule has 1 aromatic rings. The fourth-order valence-electron chi connectivity index (χ4n) is 2.07. The predicted molar refractivity (Wildman–Crippen MR) is 86.9 cm³/mol. The highest BCUT2D eigenvalue weighted by atomic mass is 32.2. The Balaban J connectivity index is 1.74. The monoisotopic (exact) mass is 344 g/mol. The molecule has 0 bridgehead atoms. The topological polar surface area (TPSA) is 85.4 Å². The first-order chi connectivity index (χ1) is 10.4. The van der Waals surface area contributed by atoms with Crippen LogP contribution in [0.3, 0.4) is 0 Å². The van der Waals surface area contributed by atoms with Gasteiger partial charge >= 0.3 is 0 Å². The highest BCUT2D eigenvalue weighted by Crippen LogP contribution is 2.17. The number of aromatic nitrogens is 1. The predicted octanol–water partition coefficient (Wildman–Crippen LogP) is 1.73. The molecule has 1 N–H and O–H groups in total. The summed E-state index contributed by atoms with van der Waals surface area (Å²) in [6.07, 6.45) is 5.98. The minimum absolute atomic E-state index is 0.134. The lowest BCUT2D eigenvalue weighted by Gasteiger charge is -2.21. The summed E-state index contributed by atoms with van der Waals surface area (Å²) in [4.78, 5) is 15.9. The minimum Gasteiger partial charge on any atom is -0.377 e. The van der Waals surface area contributed by atoms with E-state index < -0.39 is 9.84 Å². The number of anilines is 1. The summed E-state index contributed by atoms with van der Waals surface area (Å²) in [7, 11) is -3.27. The Labute approximate surface area is 135 Å². The zero-order valence-corrected chi connectivity index (χ0v) is 14.1. The van der Waals surface area contributed by atoms with Crippen LogP contribution in [0.4, 0.5) is 5.82 Å². The molecule has 1 saturated heterocycles. The molecule has 8 heteroatoms. The van der Waals surface area contributed by atoms with Crippen LogP contribution in [0.15, 0.2) is 23.2 Å². The summed E-state index contributed by atoms with van der Waals surface area (Å²) >= 11 is 1.53. The molecule has 0 spiro atoms. The van der Waals surface area contributed by atoms with Gasteiger partial charge in [0.05, 0.1) is 16.8 Å². The first-order valence-corrected chi connectivity index (χ1v) is 10.1. The molecule has 0 saturated carbocycles. The standard InChI is InChI=1S/C14H20N2O4S2/c1-22(18,19)12-5-6-13(15-8-12)16-14(17)10-21-9-11-4-2-3-7-20-11/h5-6,8,11H,2-4,7,9-10H2,1H3,(H,15,16,17). The van der Waals surface area contributed by atoms with Crippen LogP contribution in [-0.2, 0) is 19.4 Å². The van der Waals surface area contributed by atoms with Gasteiger partial charge in [0.25, 0.3) is 0 Å². The number of hydrogen-bond donors (Lipinski definition) is 1. The molecule has 0 radical (unpaired) electrons. The minimum atomic E-state index is -3.27. The van der Waals surface area contributed by atoms with E-state index in [1.54, 1.807) is 0 Å². The molecule has 2 heterocycles. The van der Waals surface area contributed by atoms with Crippen molar-refractivity contribution in [2.75, 3.05) is 29.7 Å². The van der Waals surface area contributed by atoms with Gasteiger partial charge in [0.1, 0.15) is 5.82 Å². The second-order valence-corrected chi connectivity index (χ2v) is 8.25. The molecule has 22 heavy (non-hydrogen) atoms. The number of carbonyl (C=O) groups is 1. The molecule has 1 fully saturated rings. The van der Waals surface area contributed by atoms with Crippen molar-refractivity contribution in [3.05, 3.63) is 18.3 Å². The lowest BCUT2D eigenvalue weighted by Crippen LogP contribution is -2.23. The van der Waals surface area contributed by atoms with Crippen LogP contribution in [0.2, 0.25) is 0 Å². The first-order valence-electron chi connectivity index (χ1n) is 7.10. The summed E-state index contributed by atoms with van der Waals surface area (Å²) in [6, 6.07) is 2.92. The van der Waals surface area contributed by atoms with E-state index >= 15 is 0 Å². The number of sulfone groups is 1. The fraction of sp³-hybridized carbons (Fsp3) is 0.571. The normalized spacial score (nSPS) is 18.9. The molecule has 1 unspecified atom stereocenters. The molecular formula is C14H20N2O4S2. The summed E-state index contributed by atoms with van der Waals surface area (Å²) in [6.45, 7) is 0.814. The van der Waals surface area contributed by atoms with Crippen LogP contribution >= 0.6 is 11.8 Å².